The average molecular weight is 205 g/mol. The van der Waals surface area contributed by atoms with Crippen molar-refractivity contribution in [3.8, 4) is 0 Å². The van der Waals surface area contributed by atoms with E-state index in [1.807, 2.05) is 12.1 Å². The van der Waals surface area contributed by atoms with E-state index in [0.717, 1.165) is 12.1 Å². The fourth-order valence-electron chi connectivity index (χ4n) is 2.07. The Morgan fingerprint density at radius 2 is 2.20 bits per heavy atom. The van der Waals surface area contributed by atoms with E-state index in [4.69, 9.17) is 4.74 Å². The normalized spacial score (nSPS) is 17.3. The molecule has 2 rings (SSSR count). The molecule has 0 saturated heterocycles. The van der Waals surface area contributed by atoms with Crippen molar-refractivity contribution in [2.75, 3.05) is 7.11 Å². The van der Waals surface area contributed by atoms with Gasteiger partial charge in [-0.15, -0.1) is 0 Å². The first-order valence-electron chi connectivity index (χ1n) is 5.02. The molecule has 1 aromatic carbocycles. The summed E-state index contributed by atoms with van der Waals surface area (Å²) in [5, 5.41) is 3.37. The molecule has 1 aliphatic rings. The van der Waals surface area contributed by atoms with Gasteiger partial charge < -0.3 is 10.1 Å². The van der Waals surface area contributed by atoms with Crippen LogP contribution in [0.4, 0.5) is 0 Å². The lowest BCUT2D eigenvalue weighted by atomic mass is 9.92. The Morgan fingerprint density at radius 3 is 2.87 bits per heavy atom. The summed E-state index contributed by atoms with van der Waals surface area (Å²) < 4.78 is 4.76. The third-order valence-corrected chi connectivity index (χ3v) is 2.96. The number of methoxy groups -OCH3 is 1. The molecule has 1 heterocycles. The highest BCUT2D eigenvalue weighted by Crippen LogP contribution is 2.32. The van der Waals surface area contributed by atoms with Crippen LogP contribution in [0.2, 0.25) is 0 Å². The summed E-state index contributed by atoms with van der Waals surface area (Å²) in [6, 6.07) is 5.77. The number of rotatable bonds is 1. The molecule has 0 amide bonds. The number of carbonyl (C=O) groups excluding carboxylic acids is 1. The Hall–Kier alpha value is -1.35. The van der Waals surface area contributed by atoms with Crippen molar-refractivity contribution in [1.82, 2.24) is 5.32 Å². The molecule has 0 saturated carbocycles. The van der Waals surface area contributed by atoms with Crippen LogP contribution in [-0.2, 0) is 16.8 Å². The summed E-state index contributed by atoms with van der Waals surface area (Å²) in [4.78, 5) is 11.5. The van der Waals surface area contributed by atoms with E-state index in [0.29, 0.717) is 5.56 Å². The Bertz CT molecular complexity index is 410. The van der Waals surface area contributed by atoms with Gasteiger partial charge in [0, 0.05) is 12.1 Å². The van der Waals surface area contributed by atoms with E-state index in [9.17, 15) is 4.79 Å². The lowest BCUT2D eigenvalue weighted by Crippen LogP contribution is -2.28. The first-order chi connectivity index (χ1) is 7.06. The van der Waals surface area contributed by atoms with E-state index in [1.165, 1.54) is 12.7 Å². The van der Waals surface area contributed by atoms with Crippen LogP contribution in [0.5, 0.6) is 0 Å². The largest absolute Gasteiger partial charge is 0.465 e. The molecule has 1 N–H and O–H groups in total. The molecule has 0 aliphatic carbocycles. The smallest absolute Gasteiger partial charge is 0.338 e. The van der Waals surface area contributed by atoms with Crippen molar-refractivity contribution in [3.05, 3.63) is 34.9 Å². The zero-order chi connectivity index (χ0) is 11.1. The summed E-state index contributed by atoms with van der Waals surface area (Å²) in [5.74, 6) is -0.258. The quantitative estimate of drug-likeness (QED) is 0.711. The van der Waals surface area contributed by atoms with Gasteiger partial charge in [-0.2, -0.15) is 0 Å². The van der Waals surface area contributed by atoms with Gasteiger partial charge in [-0.05, 0) is 31.0 Å². The van der Waals surface area contributed by atoms with Crippen molar-refractivity contribution in [1.29, 1.82) is 0 Å². The second-order valence-electron chi connectivity index (χ2n) is 4.30. The molecule has 1 aliphatic heterocycles. The number of esters is 1. The van der Waals surface area contributed by atoms with Crippen molar-refractivity contribution in [2.45, 2.75) is 25.9 Å². The van der Waals surface area contributed by atoms with Crippen LogP contribution < -0.4 is 5.32 Å². The molecule has 0 atom stereocenters. The Balaban J connectivity index is 2.54. The molecule has 15 heavy (non-hydrogen) atoms. The maximum absolute atomic E-state index is 11.5. The Kier molecular flexibility index (Phi) is 2.27. The summed E-state index contributed by atoms with van der Waals surface area (Å²) in [5.41, 5.74) is 2.87. The molecule has 0 bridgehead atoms. The third kappa shape index (κ3) is 1.53. The fourth-order valence-corrected chi connectivity index (χ4v) is 2.07. The van der Waals surface area contributed by atoms with Gasteiger partial charge in [0.2, 0.25) is 0 Å². The minimum absolute atomic E-state index is 0.0562. The lowest BCUT2D eigenvalue weighted by molar-refractivity contribution is 0.0599. The van der Waals surface area contributed by atoms with E-state index < -0.39 is 0 Å². The number of ether oxygens (including phenoxy) is 1. The zero-order valence-electron chi connectivity index (χ0n) is 9.26. The minimum atomic E-state index is -0.258. The van der Waals surface area contributed by atoms with E-state index >= 15 is 0 Å². The maximum Gasteiger partial charge on any atom is 0.338 e. The molecule has 0 spiro atoms. The van der Waals surface area contributed by atoms with Crippen LogP contribution in [-0.4, -0.2) is 13.1 Å². The molecular formula is C12H15NO2. The van der Waals surface area contributed by atoms with Gasteiger partial charge in [0.25, 0.3) is 0 Å². The van der Waals surface area contributed by atoms with E-state index in [1.54, 1.807) is 0 Å². The van der Waals surface area contributed by atoms with E-state index in [-0.39, 0.29) is 11.5 Å². The second kappa shape index (κ2) is 3.35. The molecule has 80 valence electrons. The highest BCUT2D eigenvalue weighted by atomic mass is 16.5. The lowest BCUT2D eigenvalue weighted by Gasteiger charge is -2.19. The first-order valence-corrected chi connectivity index (χ1v) is 5.02. The Labute approximate surface area is 89.4 Å². The minimum Gasteiger partial charge on any atom is -0.465 e. The van der Waals surface area contributed by atoms with Crippen LogP contribution in [0.1, 0.15) is 35.3 Å². The van der Waals surface area contributed by atoms with Crippen molar-refractivity contribution >= 4 is 5.97 Å². The number of fused-ring (bicyclic) bond motifs is 1. The number of hydrogen-bond acceptors (Lipinski definition) is 3. The monoisotopic (exact) mass is 205 g/mol. The SMILES string of the molecule is COC(=O)c1cccc2c1CNC2(C)C. The fraction of sp³-hybridized carbons (Fsp3) is 0.417. The molecule has 0 fully saturated rings. The summed E-state index contributed by atoms with van der Waals surface area (Å²) in [6.45, 7) is 4.95. The van der Waals surface area contributed by atoms with Gasteiger partial charge in [-0.3, -0.25) is 0 Å². The predicted molar refractivity (Wildman–Crippen MR) is 57.6 cm³/mol. The van der Waals surface area contributed by atoms with Crippen molar-refractivity contribution in [2.24, 2.45) is 0 Å². The van der Waals surface area contributed by atoms with Gasteiger partial charge in [0.1, 0.15) is 0 Å². The Morgan fingerprint density at radius 1 is 1.47 bits per heavy atom. The van der Waals surface area contributed by atoms with Gasteiger partial charge in [0.15, 0.2) is 0 Å². The molecule has 3 heteroatoms. The van der Waals surface area contributed by atoms with Gasteiger partial charge in [-0.1, -0.05) is 12.1 Å². The van der Waals surface area contributed by atoms with Gasteiger partial charge in [0.05, 0.1) is 12.7 Å². The summed E-state index contributed by atoms with van der Waals surface area (Å²) in [7, 11) is 1.41. The van der Waals surface area contributed by atoms with Crippen molar-refractivity contribution < 1.29 is 9.53 Å². The molecule has 0 radical (unpaired) electrons. The number of hydrogen-bond donors (Lipinski definition) is 1. The maximum atomic E-state index is 11.5. The highest BCUT2D eigenvalue weighted by molar-refractivity contribution is 5.91. The number of benzene rings is 1. The highest BCUT2D eigenvalue weighted by Gasteiger charge is 2.31. The summed E-state index contributed by atoms with van der Waals surface area (Å²) >= 11 is 0. The average Bonchev–Trinajstić information content (AvgIpc) is 2.54. The molecule has 0 unspecified atom stereocenters. The summed E-state index contributed by atoms with van der Waals surface area (Å²) in [6.07, 6.45) is 0. The predicted octanol–water partition coefficient (Wildman–Crippen LogP) is 1.81. The number of carbonyl (C=O) groups is 1. The standard InChI is InChI=1S/C12H15NO2/c1-12(2)10-6-4-5-8(11(14)15-3)9(10)7-13-12/h4-6,13H,7H2,1-3H3. The van der Waals surface area contributed by atoms with E-state index in [2.05, 4.69) is 25.2 Å². The van der Waals surface area contributed by atoms with Crippen LogP contribution in [0.3, 0.4) is 0 Å². The topological polar surface area (TPSA) is 38.3 Å². The van der Waals surface area contributed by atoms with Crippen molar-refractivity contribution in [3.63, 3.8) is 0 Å². The van der Waals surface area contributed by atoms with Gasteiger partial charge >= 0.3 is 5.97 Å². The number of nitrogens with one attached hydrogen (secondary N) is 1. The second-order valence-corrected chi connectivity index (χ2v) is 4.30. The third-order valence-electron chi connectivity index (χ3n) is 2.96. The molecular weight excluding hydrogens is 190 g/mol. The zero-order valence-corrected chi connectivity index (χ0v) is 9.26. The van der Waals surface area contributed by atoms with Gasteiger partial charge in [-0.25, -0.2) is 4.79 Å². The molecule has 1 aromatic rings. The van der Waals surface area contributed by atoms with Crippen LogP contribution in [0.15, 0.2) is 18.2 Å². The van der Waals surface area contributed by atoms with Crippen LogP contribution in [0, 0.1) is 0 Å². The first kappa shape index (κ1) is 10.2. The van der Waals surface area contributed by atoms with Crippen LogP contribution in [0.25, 0.3) is 0 Å². The molecule has 0 aromatic heterocycles. The molecule has 3 nitrogen and oxygen atoms in total. The van der Waals surface area contributed by atoms with Crippen LogP contribution >= 0.6 is 0 Å².